The molecule has 15 rings (SSSR count). The van der Waals surface area contributed by atoms with Gasteiger partial charge in [0.1, 0.15) is 17.3 Å². The van der Waals surface area contributed by atoms with Gasteiger partial charge in [0.25, 0.3) is 0 Å². The van der Waals surface area contributed by atoms with Crippen molar-refractivity contribution in [2.24, 2.45) is 0 Å². The molecule has 6 aliphatic heterocycles. The van der Waals surface area contributed by atoms with Gasteiger partial charge < -0.3 is 118 Å². The predicted octanol–water partition coefficient (Wildman–Crippen LogP) is 0.801. The van der Waals surface area contributed by atoms with Crippen LogP contribution in [0.5, 0.6) is 34.5 Å². The number of aromatic hydroxyl groups is 3. The zero-order valence-electron chi connectivity index (χ0n) is 61.4. The largest absolute Gasteiger partial charge is 0.504 e. The molecule has 0 amide bonds. The van der Waals surface area contributed by atoms with E-state index in [0.717, 1.165) is 41.7 Å². The van der Waals surface area contributed by atoms with E-state index in [1.54, 1.807) is 78.0 Å². The quantitative estimate of drug-likeness (QED) is 0.0660. The number of rotatable bonds is 17. The second kappa shape index (κ2) is 27.9. The number of aliphatic hydroxyl groups excluding tert-OH is 4. The molecule has 3 saturated heterocycles. The second-order valence-corrected chi connectivity index (χ2v) is 30.9. The Balaban J connectivity index is 0.000000143. The smallest absolute Gasteiger partial charge is 0.357 e. The highest BCUT2D eigenvalue weighted by Crippen LogP contribution is 2.69. The summed E-state index contributed by atoms with van der Waals surface area (Å²) in [7, 11) is 5.86. The summed E-state index contributed by atoms with van der Waals surface area (Å²) >= 11 is 0. The Morgan fingerprint density at radius 3 is 0.963 bits per heavy atom. The summed E-state index contributed by atoms with van der Waals surface area (Å²) in [6.07, 6.45) is -8.82. The minimum absolute atomic E-state index is 0.0254. The van der Waals surface area contributed by atoms with E-state index in [1.807, 2.05) is 39.3 Å². The number of hydrogen-bond donors (Lipinski definition) is 10. The molecule has 7 unspecified atom stereocenters. The first-order valence-electron chi connectivity index (χ1n) is 36.1. The molecule has 6 bridgehead atoms. The van der Waals surface area contributed by atoms with Crippen LogP contribution in [-0.2, 0) is 112 Å². The van der Waals surface area contributed by atoms with Gasteiger partial charge in [0.15, 0.2) is 77.2 Å². The number of carbonyl (C=O) groups is 8. The summed E-state index contributed by atoms with van der Waals surface area (Å²) in [4.78, 5) is 106. The molecule has 584 valence electrons. The minimum Gasteiger partial charge on any atom is -0.504 e. The van der Waals surface area contributed by atoms with Crippen molar-refractivity contribution in [2.75, 3.05) is 40.8 Å². The average Bonchev–Trinajstić information content (AvgIpc) is 1.46. The molecule has 0 radical (unpaired) electrons. The fourth-order valence-electron chi connectivity index (χ4n) is 19.1. The van der Waals surface area contributed by atoms with Gasteiger partial charge in [-0.1, -0.05) is 18.2 Å². The Hall–Kier alpha value is -8.96. The number of likely N-dealkylation sites (N-methyl/N-ethyl adjacent to an activating group) is 3. The summed E-state index contributed by atoms with van der Waals surface area (Å²) in [5.74, 6) is -8.25. The van der Waals surface area contributed by atoms with Crippen molar-refractivity contribution in [3.63, 3.8) is 0 Å². The molecule has 6 aliphatic carbocycles. The van der Waals surface area contributed by atoms with Crippen LogP contribution < -0.4 is 14.2 Å². The minimum atomic E-state index is -2.17. The van der Waals surface area contributed by atoms with Gasteiger partial charge >= 0.3 is 47.8 Å². The van der Waals surface area contributed by atoms with Crippen LogP contribution in [0, 0.1) is 0 Å². The fraction of sp³-hybridized carbons (Fsp3) is 0.579. The highest BCUT2D eigenvalue weighted by atomic mass is 16.7. The average molecular weight is 1510 g/mol. The van der Waals surface area contributed by atoms with E-state index in [2.05, 4.69) is 14.7 Å². The molecule has 3 aromatic carbocycles. The molecular weight excluding hydrogens is 1420 g/mol. The van der Waals surface area contributed by atoms with Crippen LogP contribution in [0.15, 0.2) is 71.9 Å². The van der Waals surface area contributed by atoms with Crippen molar-refractivity contribution < 1.29 is 142 Å². The first kappa shape index (κ1) is 77.2. The summed E-state index contributed by atoms with van der Waals surface area (Å²) in [5.41, 5.74) is -1.72. The van der Waals surface area contributed by atoms with Gasteiger partial charge in [-0.05, 0) is 174 Å². The molecule has 32 heteroatoms. The number of nitrogens with zero attached hydrogens (tertiary/aromatic N) is 3. The number of hydrogen-bond acceptors (Lipinski definition) is 32. The lowest BCUT2D eigenvalue weighted by molar-refractivity contribution is -0.193. The fourth-order valence-corrected chi connectivity index (χ4v) is 19.1. The lowest BCUT2D eigenvalue weighted by atomic mass is 9.50. The van der Waals surface area contributed by atoms with Gasteiger partial charge in [-0.25, -0.2) is 28.8 Å². The topological polar surface area (TPSA) is 450 Å². The molecule has 6 heterocycles. The number of benzene rings is 3. The standard InChI is InChI=1S/C28H33NO11.2C24H29NO9/c1-13(2)36-25(33)22(37-14(3)30)23(38-15(4)31)26(34)39-18-8-9-28(35)19-12-16-6-7-17(32)21-20(16)27(28,24(18)40-21)10-11-29(19)5;2*1-11(2)32-21(29)17(27)18(28)22(30)33-14-6-7-24(31)15-10-12-4-5-13(26)19-16(12)23(24,20(14)34-19)8-9-25(15)3/h6-8,13,19,22-24,32,35H,9-12H2,1-5H3;2*4-6,11,15,17-18,20,26-28,31H,7-10H2,1-3H3/t19-,22?,23+,24?,27?,28-;15-,17+,18+,20?,23?,24-;15-,17-,18-,20?,23?,24-/m111/s1. The number of phenols is 3. The molecule has 10 N–H and O–H groups in total. The van der Waals surface area contributed by atoms with Gasteiger partial charge in [0.2, 0.25) is 12.2 Å². The van der Waals surface area contributed by atoms with Crippen molar-refractivity contribution in [1.82, 2.24) is 14.7 Å². The molecule has 3 fully saturated rings. The van der Waals surface area contributed by atoms with E-state index < -0.39 is 154 Å². The molecule has 3 spiro atoms. The Morgan fingerprint density at radius 1 is 0.407 bits per heavy atom. The van der Waals surface area contributed by atoms with E-state index in [0.29, 0.717) is 63.7 Å². The summed E-state index contributed by atoms with van der Waals surface area (Å²) in [6.45, 7) is 13.4. The Kier molecular flexibility index (Phi) is 19.9. The summed E-state index contributed by atoms with van der Waals surface area (Å²) in [6, 6.07) is 9.46. The van der Waals surface area contributed by atoms with Crippen LogP contribution >= 0.6 is 0 Å². The van der Waals surface area contributed by atoms with Crippen molar-refractivity contribution in [3.05, 3.63) is 105 Å². The van der Waals surface area contributed by atoms with Crippen LogP contribution in [-0.4, -0.2) is 262 Å². The maximum Gasteiger partial charge on any atom is 0.357 e. The van der Waals surface area contributed by atoms with Gasteiger partial charge in [-0.3, -0.25) is 9.59 Å². The van der Waals surface area contributed by atoms with E-state index in [9.17, 15) is 89.4 Å². The van der Waals surface area contributed by atoms with Crippen molar-refractivity contribution in [1.29, 1.82) is 0 Å². The maximum absolute atomic E-state index is 13.5. The van der Waals surface area contributed by atoms with E-state index in [-0.39, 0.29) is 89.2 Å². The summed E-state index contributed by atoms with van der Waals surface area (Å²) in [5, 5.41) is 109. The maximum atomic E-state index is 13.5. The normalized spacial score (nSPS) is 31.5. The molecule has 18 atom stereocenters. The first-order chi connectivity index (χ1) is 50.8. The molecule has 108 heavy (non-hydrogen) atoms. The second-order valence-electron chi connectivity index (χ2n) is 30.9. The number of ether oxygens (including phenoxy) is 11. The molecular formula is C76H91N3O29. The first-order valence-corrected chi connectivity index (χ1v) is 36.1. The third-order valence-corrected chi connectivity index (χ3v) is 23.7. The van der Waals surface area contributed by atoms with Crippen LogP contribution in [0.25, 0.3) is 0 Å². The number of esters is 8. The van der Waals surface area contributed by atoms with Gasteiger partial charge in [0.05, 0.1) is 51.4 Å². The van der Waals surface area contributed by atoms with Crippen LogP contribution in [0.4, 0.5) is 0 Å². The number of piperidine rings is 3. The number of phenolic OH excluding ortho intramolecular Hbond substituents is 3. The monoisotopic (exact) mass is 1510 g/mol. The lowest BCUT2D eigenvalue weighted by Crippen LogP contribution is -2.74. The van der Waals surface area contributed by atoms with Crippen LogP contribution in [0.1, 0.15) is 127 Å². The van der Waals surface area contributed by atoms with Gasteiger partial charge in [0, 0.05) is 67.9 Å². The molecule has 0 saturated carbocycles. The zero-order valence-corrected chi connectivity index (χ0v) is 61.4. The SMILES string of the molecule is CC(=O)OC(C(=O)OC(C)C)[C@H](OC(C)=O)C(=O)OC1=CC[C@@]2(O)[C@H]3Cc4ccc(O)c5c4C2(CCN3C)C1O5.CC(C)OC(=O)[C@@H](O)[C@H](O)C(=O)OC1=CC[C@@]2(O)[C@H]3Cc4ccc(O)c5c4C2(CCN3C)C1O5.CC(C)OC(=O)[C@H](O)[C@@H](O)C(=O)OC1=CC[C@@]2(O)[C@H]3Cc4ccc(O)c5c4C2(CCN3C)C1O5. The predicted molar refractivity (Wildman–Crippen MR) is 367 cm³/mol. The van der Waals surface area contributed by atoms with Gasteiger partial charge in [-0.15, -0.1) is 0 Å². The highest BCUT2D eigenvalue weighted by Gasteiger charge is 2.75. The van der Waals surface area contributed by atoms with E-state index in [1.165, 1.54) is 0 Å². The third-order valence-electron chi connectivity index (χ3n) is 23.7. The number of carbonyl (C=O) groups excluding carboxylic acids is 8. The van der Waals surface area contributed by atoms with Crippen LogP contribution in [0.3, 0.4) is 0 Å². The molecule has 3 aromatic rings. The Bertz CT molecular complexity index is 4150. The third kappa shape index (κ3) is 11.8. The molecule has 32 nitrogen and oxygen atoms in total. The van der Waals surface area contributed by atoms with E-state index in [4.69, 9.17) is 52.1 Å². The van der Waals surface area contributed by atoms with Gasteiger partial charge in [-0.2, -0.15) is 0 Å². The van der Waals surface area contributed by atoms with Crippen molar-refractivity contribution in [2.45, 2.75) is 238 Å². The van der Waals surface area contributed by atoms with E-state index >= 15 is 0 Å². The molecule has 12 aliphatic rings. The molecule has 0 aromatic heterocycles. The van der Waals surface area contributed by atoms with Crippen LogP contribution in [0.2, 0.25) is 0 Å². The number of likely N-dealkylation sites (tertiary alicyclic amines) is 3. The Morgan fingerprint density at radius 2 is 0.676 bits per heavy atom. The zero-order chi connectivity index (χ0) is 78.3. The summed E-state index contributed by atoms with van der Waals surface area (Å²) < 4.78 is 60.2. The van der Waals surface area contributed by atoms with Crippen molar-refractivity contribution >= 4 is 47.8 Å². The number of aliphatic hydroxyl groups is 7. The highest BCUT2D eigenvalue weighted by molar-refractivity contribution is 5.90. The Labute approximate surface area is 619 Å². The van der Waals surface area contributed by atoms with Crippen molar-refractivity contribution in [3.8, 4) is 34.5 Å². The lowest BCUT2D eigenvalue weighted by Gasteiger charge is -2.61.